The van der Waals surface area contributed by atoms with E-state index in [1.54, 1.807) is 0 Å². The first-order valence-electron chi connectivity index (χ1n) is 11.8. The van der Waals surface area contributed by atoms with Gasteiger partial charge >= 0.3 is 12.1 Å². The minimum atomic E-state index is -1.02. The molecule has 4 rings (SSSR count). The first-order chi connectivity index (χ1) is 15.4. The van der Waals surface area contributed by atoms with E-state index >= 15 is 0 Å². The number of nitrogens with zero attached hydrogens (tertiary/aromatic N) is 2. The third-order valence-corrected chi connectivity index (χ3v) is 7.38. The van der Waals surface area contributed by atoms with Gasteiger partial charge in [0.05, 0.1) is 0 Å². The van der Waals surface area contributed by atoms with Crippen LogP contribution < -0.4 is 5.32 Å². The molecule has 3 fully saturated rings. The van der Waals surface area contributed by atoms with Gasteiger partial charge in [-0.2, -0.15) is 0 Å². The standard InChI is InChI=1S/C24H33F2N3O3/c1-16-3-4-18(13-16)17-7-11-28(12-8-17)10-2-9-27-23(30)29-22(15-32-24(29)31)19-5-6-20(25)21(26)14-19/h5-6,14,16-18,22H,2-4,7-13,15H2,1H3,(H,27,30). The Balaban J connectivity index is 1.20. The Labute approximate surface area is 188 Å². The van der Waals surface area contributed by atoms with Crippen LogP contribution >= 0.6 is 0 Å². The van der Waals surface area contributed by atoms with E-state index in [0.29, 0.717) is 12.1 Å². The van der Waals surface area contributed by atoms with Crippen LogP contribution in [-0.4, -0.2) is 54.7 Å². The van der Waals surface area contributed by atoms with E-state index in [1.165, 1.54) is 38.2 Å². The normalized spacial score (nSPS) is 27.0. The maximum Gasteiger partial charge on any atom is 0.418 e. The van der Waals surface area contributed by atoms with Crippen molar-refractivity contribution in [2.45, 2.75) is 51.5 Å². The van der Waals surface area contributed by atoms with E-state index in [1.807, 2.05) is 0 Å². The first-order valence-corrected chi connectivity index (χ1v) is 11.8. The quantitative estimate of drug-likeness (QED) is 0.639. The van der Waals surface area contributed by atoms with Crippen LogP contribution in [-0.2, 0) is 4.74 Å². The van der Waals surface area contributed by atoms with Crippen molar-refractivity contribution >= 4 is 12.1 Å². The number of urea groups is 1. The predicted molar refractivity (Wildman–Crippen MR) is 116 cm³/mol. The highest BCUT2D eigenvalue weighted by molar-refractivity contribution is 5.92. The van der Waals surface area contributed by atoms with E-state index < -0.39 is 29.8 Å². The molecule has 3 amide bonds. The highest BCUT2D eigenvalue weighted by Gasteiger charge is 2.39. The van der Waals surface area contributed by atoms with E-state index in [4.69, 9.17) is 4.74 Å². The van der Waals surface area contributed by atoms with E-state index in [-0.39, 0.29) is 6.61 Å². The van der Waals surface area contributed by atoms with Gasteiger partial charge in [-0.05, 0) is 87.2 Å². The number of cyclic esters (lactones) is 1. The third kappa shape index (κ3) is 5.22. The van der Waals surface area contributed by atoms with Gasteiger partial charge in [0.2, 0.25) is 0 Å². The van der Waals surface area contributed by atoms with Crippen molar-refractivity contribution in [1.29, 1.82) is 0 Å². The number of rotatable bonds is 6. The summed E-state index contributed by atoms with van der Waals surface area (Å²) in [4.78, 5) is 28.0. The molecule has 176 valence electrons. The van der Waals surface area contributed by atoms with Crippen molar-refractivity contribution < 1.29 is 23.1 Å². The van der Waals surface area contributed by atoms with Gasteiger partial charge in [-0.1, -0.05) is 19.4 Å². The minimum Gasteiger partial charge on any atom is -0.446 e. The Morgan fingerprint density at radius 1 is 1.12 bits per heavy atom. The zero-order valence-corrected chi connectivity index (χ0v) is 18.7. The maximum atomic E-state index is 13.6. The topological polar surface area (TPSA) is 61.9 Å². The second-order valence-electron chi connectivity index (χ2n) is 9.58. The number of carbonyl (C=O) groups excluding carboxylic acids is 2. The molecule has 8 heteroatoms. The van der Waals surface area contributed by atoms with Crippen LogP contribution in [0.5, 0.6) is 0 Å². The van der Waals surface area contributed by atoms with E-state index in [0.717, 1.165) is 60.8 Å². The SMILES string of the molecule is CC1CCC(C2CCN(CCCNC(=O)N3C(=O)OCC3c3ccc(F)c(F)c3)CC2)C1. The molecule has 1 saturated carbocycles. The number of amides is 3. The largest absolute Gasteiger partial charge is 0.446 e. The second kappa shape index (κ2) is 10.1. The summed E-state index contributed by atoms with van der Waals surface area (Å²) < 4.78 is 31.8. The zero-order chi connectivity index (χ0) is 22.7. The Kier molecular flexibility index (Phi) is 7.28. The number of benzene rings is 1. The molecule has 0 bridgehead atoms. The number of nitrogens with one attached hydrogen (secondary N) is 1. The number of likely N-dealkylation sites (tertiary alicyclic amines) is 1. The lowest BCUT2D eigenvalue weighted by molar-refractivity contribution is 0.144. The molecule has 2 aliphatic heterocycles. The lowest BCUT2D eigenvalue weighted by Crippen LogP contribution is -2.43. The van der Waals surface area contributed by atoms with Crippen LogP contribution in [0, 0.1) is 29.4 Å². The molecule has 2 saturated heterocycles. The number of ether oxygens (including phenoxy) is 1. The van der Waals surface area contributed by atoms with Crippen LogP contribution in [0.25, 0.3) is 0 Å². The predicted octanol–water partition coefficient (Wildman–Crippen LogP) is 4.71. The van der Waals surface area contributed by atoms with E-state index in [9.17, 15) is 18.4 Å². The van der Waals surface area contributed by atoms with Crippen molar-refractivity contribution in [3.05, 3.63) is 35.4 Å². The van der Waals surface area contributed by atoms with Gasteiger partial charge in [-0.15, -0.1) is 0 Å². The fraction of sp³-hybridized carbons (Fsp3) is 0.667. The number of carbonyl (C=O) groups is 2. The van der Waals surface area contributed by atoms with Gasteiger partial charge in [-0.25, -0.2) is 23.3 Å². The molecule has 1 aromatic carbocycles. The van der Waals surface area contributed by atoms with Crippen molar-refractivity contribution in [2.75, 3.05) is 32.8 Å². The number of hydrogen-bond acceptors (Lipinski definition) is 4. The Bertz CT molecular complexity index is 829. The summed E-state index contributed by atoms with van der Waals surface area (Å²) in [5.74, 6) is 0.668. The summed E-state index contributed by atoms with van der Waals surface area (Å²) in [5, 5.41) is 2.77. The molecular formula is C24H33F2N3O3. The van der Waals surface area contributed by atoms with Crippen LogP contribution in [0.3, 0.4) is 0 Å². The fourth-order valence-corrected chi connectivity index (χ4v) is 5.52. The Hall–Kier alpha value is -2.22. The van der Waals surface area contributed by atoms with E-state index in [2.05, 4.69) is 17.1 Å². The van der Waals surface area contributed by atoms with Crippen LogP contribution in [0.1, 0.15) is 57.1 Å². The Morgan fingerprint density at radius 2 is 1.91 bits per heavy atom. The molecule has 0 aromatic heterocycles. The molecule has 2 heterocycles. The summed E-state index contributed by atoms with van der Waals surface area (Å²) in [6.45, 7) is 5.86. The molecule has 1 N–H and O–H groups in total. The monoisotopic (exact) mass is 449 g/mol. The summed E-state index contributed by atoms with van der Waals surface area (Å²) in [6.07, 6.45) is 6.70. The van der Waals surface area contributed by atoms with Crippen LogP contribution in [0.15, 0.2) is 18.2 Å². The molecule has 32 heavy (non-hydrogen) atoms. The summed E-state index contributed by atoms with van der Waals surface area (Å²) in [5.41, 5.74) is 0.324. The smallest absolute Gasteiger partial charge is 0.418 e. The second-order valence-corrected chi connectivity index (χ2v) is 9.58. The number of imide groups is 1. The number of piperidine rings is 1. The van der Waals surface area contributed by atoms with Gasteiger partial charge < -0.3 is 15.0 Å². The van der Waals surface area contributed by atoms with Crippen molar-refractivity contribution in [1.82, 2.24) is 15.1 Å². The number of halogens is 2. The molecule has 3 unspecified atom stereocenters. The average molecular weight is 450 g/mol. The minimum absolute atomic E-state index is 0.0773. The van der Waals surface area contributed by atoms with Crippen molar-refractivity contribution in [3.63, 3.8) is 0 Å². The van der Waals surface area contributed by atoms with Gasteiger partial charge in [-0.3, -0.25) is 0 Å². The molecule has 3 aliphatic rings. The van der Waals surface area contributed by atoms with Gasteiger partial charge in [0.25, 0.3) is 0 Å². The molecule has 0 radical (unpaired) electrons. The fourth-order valence-electron chi connectivity index (χ4n) is 5.52. The molecular weight excluding hydrogens is 416 g/mol. The first kappa shape index (κ1) is 23.0. The molecule has 6 nitrogen and oxygen atoms in total. The van der Waals surface area contributed by atoms with Crippen molar-refractivity contribution in [3.8, 4) is 0 Å². The highest BCUT2D eigenvalue weighted by atomic mass is 19.2. The zero-order valence-electron chi connectivity index (χ0n) is 18.7. The summed E-state index contributed by atoms with van der Waals surface area (Å²) in [7, 11) is 0. The van der Waals surface area contributed by atoms with Crippen molar-refractivity contribution in [2.24, 2.45) is 17.8 Å². The number of hydrogen-bond donors (Lipinski definition) is 1. The van der Waals surface area contributed by atoms with Crippen LogP contribution in [0.2, 0.25) is 0 Å². The molecule has 3 atom stereocenters. The highest BCUT2D eigenvalue weighted by Crippen LogP contribution is 2.39. The summed E-state index contributed by atoms with van der Waals surface area (Å²) in [6, 6.07) is 2.01. The summed E-state index contributed by atoms with van der Waals surface area (Å²) >= 11 is 0. The molecule has 1 aromatic rings. The molecule has 0 spiro atoms. The molecule has 1 aliphatic carbocycles. The van der Waals surface area contributed by atoms with Gasteiger partial charge in [0.1, 0.15) is 12.6 Å². The van der Waals surface area contributed by atoms with Gasteiger partial charge in [0.15, 0.2) is 11.6 Å². The average Bonchev–Trinajstić information content (AvgIpc) is 3.39. The Morgan fingerprint density at radius 3 is 2.59 bits per heavy atom. The lowest BCUT2D eigenvalue weighted by Gasteiger charge is -2.35. The van der Waals surface area contributed by atoms with Gasteiger partial charge in [0, 0.05) is 6.54 Å². The maximum absolute atomic E-state index is 13.6. The lowest BCUT2D eigenvalue weighted by atomic mass is 9.83. The third-order valence-electron chi connectivity index (χ3n) is 7.38. The van der Waals surface area contributed by atoms with Crippen LogP contribution in [0.4, 0.5) is 18.4 Å².